The van der Waals surface area contributed by atoms with Crippen LogP contribution in [0.25, 0.3) is 0 Å². The van der Waals surface area contributed by atoms with Crippen molar-refractivity contribution >= 4 is 15.7 Å². The van der Waals surface area contributed by atoms with Gasteiger partial charge in [-0.15, -0.1) is 0 Å². The van der Waals surface area contributed by atoms with E-state index in [2.05, 4.69) is 5.32 Å². The van der Waals surface area contributed by atoms with Crippen LogP contribution in [0.15, 0.2) is 35.2 Å². The molecule has 0 radical (unpaired) electrons. The van der Waals surface area contributed by atoms with Gasteiger partial charge in [-0.05, 0) is 60.9 Å². The van der Waals surface area contributed by atoms with Crippen molar-refractivity contribution in [1.29, 1.82) is 0 Å². The van der Waals surface area contributed by atoms with Crippen LogP contribution in [0, 0.1) is 23.5 Å². The molecule has 4 rings (SSSR count). The van der Waals surface area contributed by atoms with Gasteiger partial charge >= 0.3 is 6.18 Å². The molecule has 1 aliphatic carbocycles. The van der Waals surface area contributed by atoms with E-state index in [1.165, 1.54) is 23.1 Å². The van der Waals surface area contributed by atoms with E-state index in [9.17, 15) is 45.4 Å². The molecule has 4 atom stereocenters. The number of aliphatic hydroxyl groups is 2. The van der Waals surface area contributed by atoms with Crippen molar-refractivity contribution in [2.24, 2.45) is 11.8 Å². The van der Waals surface area contributed by atoms with E-state index in [4.69, 9.17) is 0 Å². The third-order valence-electron chi connectivity index (χ3n) is 7.28. The zero-order chi connectivity index (χ0) is 28.9. The molecular weight excluding hydrogens is 547 g/mol. The third-order valence-corrected chi connectivity index (χ3v) is 8.39. The molecule has 1 saturated carbocycles. The molecule has 2 aromatic rings. The molecule has 1 saturated heterocycles. The minimum absolute atomic E-state index is 0.0874. The maximum atomic E-state index is 14.8. The first-order valence-electron chi connectivity index (χ1n) is 12.4. The number of hydrogen-bond acceptors (Lipinski definition) is 6. The summed E-state index contributed by atoms with van der Waals surface area (Å²) in [5.41, 5.74) is -1.77. The van der Waals surface area contributed by atoms with E-state index < -0.39 is 69.6 Å². The normalized spacial score (nSPS) is 22.1. The van der Waals surface area contributed by atoms with Crippen LogP contribution in [0.3, 0.4) is 0 Å². The summed E-state index contributed by atoms with van der Waals surface area (Å²) in [6.07, 6.45) is -4.19. The molecule has 1 heterocycles. The fourth-order valence-corrected chi connectivity index (χ4v) is 5.78. The van der Waals surface area contributed by atoms with Crippen LogP contribution in [0.1, 0.15) is 60.7 Å². The van der Waals surface area contributed by atoms with Crippen LogP contribution >= 0.6 is 0 Å². The number of amides is 1. The van der Waals surface area contributed by atoms with Crippen LogP contribution in [-0.4, -0.2) is 48.3 Å². The number of sulfone groups is 1. The molecule has 1 aliphatic heterocycles. The Bertz CT molecular complexity index is 1360. The van der Waals surface area contributed by atoms with E-state index in [1.54, 1.807) is 0 Å². The Kier molecular flexibility index (Phi) is 8.10. The van der Waals surface area contributed by atoms with Crippen molar-refractivity contribution in [3.05, 3.63) is 64.2 Å². The molecule has 39 heavy (non-hydrogen) atoms. The zero-order valence-corrected chi connectivity index (χ0v) is 22.0. The summed E-state index contributed by atoms with van der Waals surface area (Å²) in [4.78, 5) is 14.8. The van der Waals surface area contributed by atoms with Gasteiger partial charge in [-0.25, -0.2) is 17.2 Å². The van der Waals surface area contributed by atoms with Gasteiger partial charge in [0.25, 0.3) is 0 Å². The number of nitrogens with zero attached hydrogens (tertiary/aromatic N) is 1. The number of carbonyl (C=O) groups is 1. The lowest BCUT2D eigenvalue weighted by Gasteiger charge is -2.31. The van der Waals surface area contributed by atoms with Crippen molar-refractivity contribution in [2.45, 2.75) is 62.2 Å². The van der Waals surface area contributed by atoms with Gasteiger partial charge in [0.05, 0.1) is 29.1 Å². The highest BCUT2D eigenvalue weighted by atomic mass is 32.2. The van der Waals surface area contributed by atoms with E-state index in [0.29, 0.717) is 18.9 Å². The molecule has 2 aliphatic rings. The highest BCUT2D eigenvalue weighted by molar-refractivity contribution is 7.90. The summed E-state index contributed by atoms with van der Waals surface area (Å²) in [6.45, 7) is 1.56. The van der Waals surface area contributed by atoms with Crippen LogP contribution in [-0.2, 0) is 27.4 Å². The molecule has 1 unspecified atom stereocenters. The number of hydrogen-bond donors (Lipinski definition) is 3. The Balaban J connectivity index is 1.63. The first-order chi connectivity index (χ1) is 18.1. The van der Waals surface area contributed by atoms with Gasteiger partial charge < -0.3 is 15.5 Å². The fourth-order valence-electron chi connectivity index (χ4n) is 5.12. The number of likely N-dealkylation sites (tertiary alicyclic amines) is 1. The smallest absolute Gasteiger partial charge is 0.392 e. The number of rotatable bonds is 8. The lowest BCUT2D eigenvalue weighted by Crippen LogP contribution is -2.46. The summed E-state index contributed by atoms with van der Waals surface area (Å²) < 4.78 is 92.3. The number of carbonyl (C=O) groups excluding carboxylic acids is 1. The van der Waals surface area contributed by atoms with Gasteiger partial charge in [-0.1, -0.05) is 13.0 Å². The number of benzene rings is 2. The first-order valence-corrected chi connectivity index (χ1v) is 14.2. The van der Waals surface area contributed by atoms with Crippen molar-refractivity contribution in [3.8, 4) is 0 Å². The Labute approximate surface area is 222 Å². The van der Waals surface area contributed by atoms with Crippen molar-refractivity contribution in [2.75, 3.05) is 12.8 Å². The number of halogens is 5. The topological polar surface area (TPSA) is 107 Å². The summed E-state index contributed by atoms with van der Waals surface area (Å²) in [7, 11) is -3.64. The van der Waals surface area contributed by atoms with Crippen molar-refractivity contribution in [3.63, 3.8) is 0 Å². The summed E-state index contributed by atoms with van der Waals surface area (Å²) in [5, 5.41) is 23.7. The number of nitrogens with one attached hydrogen (secondary N) is 1. The molecule has 2 aromatic carbocycles. The van der Waals surface area contributed by atoms with Gasteiger partial charge in [-0.2, -0.15) is 13.2 Å². The maximum absolute atomic E-state index is 14.8. The van der Waals surface area contributed by atoms with Crippen molar-refractivity contribution < 1.29 is 45.4 Å². The Morgan fingerprint density at radius 3 is 2.36 bits per heavy atom. The number of aliphatic hydroxyl groups excluding tert-OH is 2. The molecule has 7 nitrogen and oxygen atoms in total. The Morgan fingerprint density at radius 2 is 1.79 bits per heavy atom. The summed E-state index contributed by atoms with van der Waals surface area (Å²) >= 11 is 0. The predicted molar refractivity (Wildman–Crippen MR) is 130 cm³/mol. The maximum Gasteiger partial charge on any atom is 0.419 e. The molecule has 2 fully saturated rings. The van der Waals surface area contributed by atoms with Crippen LogP contribution in [0.5, 0.6) is 0 Å². The monoisotopic (exact) mass is 576 g/mol. The zero-order valence-electron chi connectivity index (χ0n) is 21.2. The summed E-state index contributed by atoms with van der Waals surface area (Å²) in [5.74, 6) is -3.97. The van der Waals surface area contributed by atoms with Gasteiger partial charge in [0.1, 0.15) is 17.9 Å². The second-order valence-electron chi connectivity index (χ2n) is 10.4. The second-order valence-corrected chi connectivity index (χ2v) is 12.4. The van der Waals surface area contributed by atoms with Crippen LogP contribution in [0.2, 0.25) is 0 Å². The predicted octanol–water partition coefficient (Wildman–Crippen LogP) is 3.85. The van der Waals surface area contributed by atoms with E-state index in [1.807, 2.05) is 6.92 Å². The van der Waals surface area contributed by atoms with E-state index in [0.717, 1.165) is 6.26 Å². The molecule has 0 spiro atoms. The van der Waals surface area contributed by atoms with E-state index in [-0.39, 0.29) is 46.9 Å². The molecule has 3 N–H and O–H groups in total. The average molecular weight is 577 g/mol. The Hall–Kier alpha value is -2.61. The van der Waals surface area contributed by atoms with Gasteiger partial charge in [0.2, 0.25) is 5.91 Å². The largest absolute Gasteiger partial charge is 0.419 e. The van der Waals surface area contributed by atoms with Gasteiger partial charge in [0, 0.05) is 23.9 Å². The minimum atomic E-state index is -5.08. The average Bonchev–Trinajstić information content (AvgIpc) is 3.62. The molecule has 0 bridgehead atoms. The molecular formula is C26H29F5N2O5S. The molecule has 1 amide bonds. The lowest BCUT2D eigenvalue weighted by molar-refractivity contribution is -0.140. The summed E-state index contributed by atoms with van der Waals surface area (Å²) in [6, 6.07) is 2.41. The lowest BCUT2D eigenvalue weighted by atomic mass is 9.98. The first kappa shape index (κ1) is 29.4. The number of alkyl halides is 3. The van der Waals surface area contributed by atoms with Crippen LogP contribution in [0.4, 0.5) is 22.0 Å². The van der Waals surface area contributed by atoms with Gasteiger partial charge in [-0.3, -0.25) is 9.69 Å². The standard InChI is InChI=1S/C26H29F5N2O5S/c1-13-7-22(33(11-13)25(36)17-8-16(39(2,37)38)6-5-15(17)12-34)24(35)32-23(14-3-4-14)18-9-21(28)19(10-20(18)27)26(29,30)31/h5-6,8-10,13-14,22-23,25,34,36H,3-4,7,11-12H2,1-2H3,(H,32,35)/t13-,22-,23-,25?/m1/s1. The molecule has 0 aromatic heterocycles. The molecule has 214 valence electrons. The SMILES string of the molecule is C[C@@H]1C[C@H](C(=O)N[C@@H](c2cc(F)c(C(F)(F)F)cc2F)C2CC2)N(C(O)c2cc(S(C)(=O)=O)ccc2CO)C1. The fraction of sp³-hybridized carbons (Fsp3) is 0.500. The second kappa shape index (κ2) is 10.8. The van der Waals surface area contributed by atoms with Crippen molar-refractivity contribution in [1.82, 2.24) is 10.2 Å². The third kappa shape index (κ3) is 6.26. The quantitative estimate of drug-likeness (QED) is 0.413. The Morgan fingerprint density at radius 1 is 1.13 bits per heavy atom. The minimum Gasteiger partial charge on any atom is -0.392 e. The van der Waals surface area contributed by atoms with Gasteiger partial charge in [0.15, 0.2) is 9.84 Å². The van der Waals surface area contributed by atoms with E-state index >= 15 is 0 Å². The highest BCUT2D eigenvalue weighted by Gasteiger charge is 2.43. The highest BCUT2D eigenvalue weighted by Crippen LogP contribution is 2.44. The molecule has 13 heteroatoms. The van der Waals surface area contributed by atoms with Crippen LogP contribution < -0.4 is 5.32 Å².